The minimum Gasteiger partial charge on any atom is -0.495 e. The molecule has 0 atom stereocenters. The van der Waals surface area contributed by atoms with E-state index in [2.05, 4.69) is 6.07 Å². The maximum atomic E-state index is 8.97. The molecule has 1 saturated carbocycles. The van der Waals surface area contributed by atoms with Crippen LogP contribution in [0.5, 0.6) is 5.75 Å². The van der Waals surface area contributed by atoms with Gasteiger partial charge in [-0.25, -0.2) is 0 Å². The Hall–Kier alpha value is -1.53. The van der Waals surface area contributed by atoms with Crippen LogP contribution in [-0.2, 0) is 5.41 Å². The topological polar surface area (TPSA) is 59.0 Å². The zero-order valence-electron chi connectivity index (χ0n) is 8.79. The summed E-state index contributed by atoms with van der Waals surface area (Å²) in [5.74, 6) is 0.633. The van der Waals surface area contributed by atoms with Gasteiger partial charge in [-0.15, -0.1) is 0 Å². The highest BCUT2D eigenvalue weighted by atomic mass is 16.5. The summed E-state index contributed by atoms with van der Waals surface area (Å²) in [6.45, 7) is 0.657. The van der Waals surface area contributed by atoms with E-state index in [1.54, 1.807) is 7.11 Å². The number of hydrogen-bond acceptors (Lipinski definition) is 3. The molecule has 1 aliphatic carbocycles. The molecule has 0 saturated heterocycles. The van der Waals surface area contributed by atoms with Crippen LogP contribution < -0.4 is 10.5 Å². The molecule has 0 spiro atoms. The maximum absolute atomic E-state index is 8.97. The largest absolute Gasteiger partial charge is 0.495 e. The summed E-state index contributed by atoms with van der Waals surface area (Å²) in [6.07, 6.45) is 2.25. The van der Waals surface area contributed by atoms with E-state index >= 15 is 0 Å². The first kappa shape index (κ1) is 10.0. The van der Waals surface area contributed by atoms with Gasteiger partial charge in [-0.1, -0.05) is 6.07 Å². The average Bonchev–Trinajstić information content (AvgIpc) is 3.09. The fourth-order valence-electron chi connectivity index (χ4n) is 1.89. The van der Waals surface area contributed by atoms with E-state index < -0.39 is 0 Å². The first-order chi connectivity index (χ1) is 7.25. The van der Waals surface area contributed by atoms with E-state index in [9.17, 15) is 0 Å². The van der Waals surface area contributed by atoms with Crippen LogP contribution in [0, 0.1) is 11.3 Å². The summed E-state index contributed by atoms with van der Waals surface area (Å²) in [7, 11) is 1.58. The van der Waals surface area contributed by atoms with Gasteiger partial charge in [-0.05, 0) is 30.5 Å². The molecule has 3 heteroatoms. The Morgan fingerprint density at radius 1 is 1.53 bits per heavy atom. The highest BCUT2D eigenvalue weighted by Gasteiger charge is 2.43. The Morgan fingerprint density at radius 3 is 2.73 bits per heavy atom. The molecule has 2 rings (SSSR count). The summed E-state index contributed by atoms with van der Waals surface area (Å²) < 4.78 is 5.10. The van der Waals surface area contributed by atoms with E-state index in [-0.39, 0.29) is 5.41 Å². The number of nitrogens with two attached hydrogens (primary N) is 1. The molecule has 1 aromatic carbocycles. The van der Waals surface area contributed by atoms with E-state index in [4.69, 9.17) is 15.7 Å². The van der Waals surface area contributed by atoms with Gasteiger partial charge in [-0.2, -0.15) is 5.26 Å². The lowest BCUT2D eigenvalue weighted by Crippen LogP contribution is -2.19. The third kappa shape index (κ3) is 1.57. The van der Waals surface area contributed by atoms with E-state index in [1.807, 2.05) is 18.2 Å². The molecule has 0 bridgehead atoms. The Kier molecular flexibility index (Phi) is 2.37. The number of methoxy groups -OCH3 is 1. The molecule has 15 heavy (non-hydrogen) atoms. The molecule has 1 aromatic rings. The first-order valence-electron chi connectivity index (χ1n) is 5.04. The molecule has 0 aliphatic heterocycles. The minimum atomic E-state index is 0.137. The van der Waals surface area contributed by atoms with Crippen LogP contribution in [0.4, 0.5) is 0 Å². The lowest BCUT2D eigenvalue weighted by molar-refractivity contribution is 0.413. The number of nitrogens with zero attached hydrogens (tertiary/aromatic N) is 1. The van der Waals surface area contributed by atoms with Gasteiger partial charge in [0.05, 0.1) is 12.7 Å². The molecule has 3 nitrogen and oxygen atoms in total. The lowest BCUT2D eigenvalue weighted by atomic mass is 9.94. The molecule has 78 valence electrons. The first-order valence-corrected chi connectivity index (χ1v) is 5.04. The summed E-state index contributed by atoms with van der Waals surface area (Å²) in [5, 5.41) is 8.97. The highest BCUT2D eigenvalue weighted by Crippen LogP contribution is 2.47. The summed E-state index contributed by atoms with van der Waals surface area (Å²) in [4.78, 5) is 0. The van der Waals surface area contributed by atoms with Crippen LogP contribution in [0.3, 0.4) is 0 Å². The normalized spacial score (nSPS) is 16.9. The van der Waals surface area contributed by atoms with Crippen LogP contribution in [0.1, 0.15) is 24.0 Å². The molecule has 0 amide bonds. The van der Waals surface area contributed by atoms with Gasteiger partial charge < -0.3 is 10.5 Å². The van der Waals surface area contributed by atoms with E-state index in [1.165, 1.54) is 5.56 Å². The predicted octanol–water partition coefficient (Wildman–Crippen LogP) is 1.56. The third-order valence-electron chi connectivity index (χ3n) is 3.18. The van der Waals surface area contributed by atoms with Gasteiger partial charge in [0.25, 0.3) is 0 Å². The molecular formula is C12H14N2O. The van der Waals surface area contributed by atoms with Crippen molar-refractivity contribution in [1.82, 2.24) is 0 Å². The van der Waals surface area contributed by atoms with Crippen molar-refractivity contribution in [3.63, 3.8) is 0 Å². The van der Waals surface area contributed by atoms with Crippen molar-refractivity contribution in [2.24, 2.45) is 5.73 Å². The SMILES string of the molecule is COc1ccc(C2(CN)CC2)cc1C#N. The monoisotopic (exact) mass is 202 g/mol. The molecular weight excluding hydrogens is 188 g/mol. The Bertz CT molecular complexity index is 416. The Labute approximate surface area is 89.5 Å². The molecule has 2 N–H and O–H groups in total. The number of benzene rings is 1. The molecule has 0 unspecified atom stereocenters. The lowest BCUT2D eigenvalue weighted by Gasteiger charge is -2.14. The number of rotatable bonds is 3. The molecule has 0 heterocycles. The Balaban J connectivity index is 2.40. The van der Waals surface area contributed by atoms with Gasteiger partial charge in [0, 0.05) is 12.0 Å². The smallest absolute Gasteiger partial charge is 0.136 e. The van der Waals surface area contributed by atoms with Crippen LogP contribution in [0.25, 0.3) is 0 Å². The fraction of sp³-hybridized carbons (Fsp3) is 0.417. The summed E-state index contributed by atoms with van der Waals surface area (Å²) in [5.41, 5.74) is 7.65. The van der Waals surface area contributed by atoms with Gasteiger partial charge in [0.1, 0.15) is 11.8 Å². The minimum absolute atomic E-state index is 0.137. The second-order valence-electron chi connectivity index (χ2n) is 4.01. The summed E-state index contributed by atoms with van der Waals surface area (Å²) >= 11 is 0. The second-order valence-corrected chi connectivity index (χ2v) is 4.01. The second kappa shape index (κ2) is 3.56. The third-order valence-corrected chi connectivity index (χ3v) is 3.18. The zero-order chi connectivity index (χ0) is 10.9. The van der Waals surface area contributed by atoms with E-state index in [0.29, 0.717) is 17.9 Å². The molecule has 0 radical (unpaired) electrons. The Morgan fingerprint density at radius 2 is 2.27 bits per heavy atom. The standard InChI is InChI=1S/C12H14N2O/c1-15-11-3-2-10(6-9(11)7-13)12(8-14)4-5-12/h2-3,6H,4-5,8,14H2,1H3. The number of nitriles is 1. The van der Waals surface area contributed by atoms with Gasteiger partial charge in [0.15, 0.2) is 0 Å². The van der Waals surface area contributed by atoms with Crippen molar-refractivity contribution in [1.29, 1.82) is 5.26 Å². The van der Waals surface area contributed by atoms with Crippen molar-refractivity contribution >= 4 is 0 Å². The predicted molar refractivity (Wildman–Crippen MR) is 57.7 cm³/mol. The van der Waals surface area contributed by atoms with Gasteiger partial charge in [-0.3, -0.25) is 0 Å². The quantitative estimate of drug-likeness (QED) is 0.809. The van der Waals surface area contributed by atoms with Crippen LogP contribution in [-0.4, -0.2) is 13.7 Å². The fourth-order valence-corrected chi connectivity index (χ4v) is 1.89. The van der Waals surface area contributed by atoms with Crippen LogP contribution in [0.2, 0.25) is 0 Å². The molecule has 0 aromatic heterocycles. The van der Waals surface area contributed by atoms with Crippen molar-refractivity contribution < 1.29 is 4.74 Å². The molecule has 1 fully saturated rings. The van der Waals surface area contributed by atoms with Gasteiger partial charge >= 0.3 is 0 Å². The zero-order valence-corrected chi connectivity index (χ0v) is 8.79. The highest BCUT2D eigenvalue weighted by molar-refractivity contribution is 5.48. The maximum Gasteiger partial charge on any atom is 0.136 e. The molecule has 1 aliphatic rings. The van der Waals surface area contributed by atoms with E-state index in [0.717, 1.165) is 12.8 Å². The van der Waals surface area contributed by atoms with Crippen LogP contribution in [0.15, 0.2) is 18.2 Å². The summed E-state index contributed by atoms with van der Waals surface area (Å²) in [6, 6.07) is 7.91. The number of ether oxygens (including phenoxy) is 1. The van der Waals surface area contributed by atoms with Crippen molar-refractivity contribution in [3.8, 4) is 11.8 Å². The van der Waals surface area contributed by atoms with Crippen molar-refractivity contribution in [2.75, 3.05) is 13.7 Å². The van der Waals surface area contributed by atoms with Crippen LogP contribution >= 0.6 is 0 Å². The van der Waals surface area contributed by atoms with Crippen molar-refractivity contribution in [3.05, 3.63) is 29.3 Å². The van der Waals surface area contributed by atoms with Gasteiger partial charge in [0.2, 0.25) is 0 Å². The van der Waals surface area contributed by atoms with Crippen molar-refractivity contribution in [2.45, 2.75) is 18.3 Å². The average molecular weight is 202 g/mol. The number of hydrogen-bond donors (Lipinski definition) is 1.